The Hall–Kier alpha value is -2.47. The lowest BCUT2D eigenvalue weighted by Crippen LogP contribution is -2.27. The molecule has 0 saturated carbocycles. The summed E-state index contributed by atoms with van der Waals surface area (Å²) >= 11 is 6.12. The molecule has 0 radical (unpaired) electrons. The SMILES string of the molecule is CC(C)(C)OC(=O)Nc1cc(Cc2ccccc2Cl)c(C=O)c(F)n1. The van der Waals surface area contributed by atoms with Gasteiger partial charge in [0.15, 0.2) is 6.29 Å². The van der Waals surface area contributed by atoms with Gasteiger partial charge in [-0.25, -0.2) is 9.78 Å². The summed E-state index contributed by atoms with van der Waals surface area (Å²) in [6, 6.07) is 8.47. The van der Waals surface area contributed by atoms with Gasteiger partial charge in [0.2, 0.25) is 5.95 Å². The third-order valence-electron chi connectivity index (χ3n) is 3.18. The number of hydrogen-bond donors (Lipinski definition) is 1. The molecule has 2 aromatic rings. The molecule has 0 bridgehead atoms. The van der Waals surface area contributed by atoms with Gasteiger partial charge in [0.25, 0.3) is 0 Å². The lowest BCUT2D eigenvalue weighted by molar-refractivity contribution is 0.0635. The summed E-state index contributed by atoms with van der Waals surface area (Å²) in [6.45, 7) is 5.12. The predicted octanol–water partition coefficient (Wildman–Crippen LogP) is 4.62. The number of hydrogen-bond acceptors (Lipinski definition) is 4. The van der Waals surface area contributed by atoms with E-state index in [1.54, 1.807) is 45.0 Å². The van der Waals surface area contributed by atoms with E-state index in [1.165, 1.54) is 6.07 Å². The number of rotatable bonds is 4. The molecule has 0 aliphatic carbocycles. The summed E-state index contributed by atoms with van der Waals surface area (Å²) in [4.78, 5) is 26.6. The first-order chi connectivity index (χ1) is 11.7. The summed E-state index contributed by atoms with van der Waals surface area (Å²) in [5.41, 5.74) is 0.212. The van der Waals surface area contributed by atoms with Gasteiger partial charge >= 0.3 is 6.09 Å². The zero-order valence-electron chi connectivity index (χ0n) is 14.1. The van der Waals surface area contributed by atoms with Crippen LogP contribution in [-0.2, 0) is 11.2 Å². The molecule has 0 saturated heterocycles. The van der Waals surface area contributed by atoms with Crippen molar-refractivity contribution in [2.24, 2.45) is 0 Å². The molecule has 1 aromatic carbocycles. The molecule has 1 N–H and O–H groups in total. The van der Waals surface area contributed by atoms with Gasteiger partial charge in [0.05, 0.1) is 5.56 Å². The minimum absolute atomic E-state index is 0.0422. The smallest absolute Gasteiger partial charge is 0.413 e. The maximum Gasteiger partial charge on any atom is 0.413 e. The number of carbonyl (C=O) groups is 2. The number of nitrogens with zero attached hydrogens (tertiary/aromatic N) is 1. The molecule has 5 nitrogen and oxygen atoms in total. The van der Waals surface area contributed by atoms with Crippen LogP contribution in [0.1, 0.15) is 42.3 Å². The van der Waals surface area contributed by atoms with Crippen molar-refractivity contribution in [1.29, 1.82) is 0 Å². The molecule has 0 unspecified atom stereocenters. The van der Waals surface area contributed by atoms with E-state index in [0.29, 0.717) is 16.9 Å². The molecule has 0 aliphatic rings. The zero-order valence-corrected chi connectivity index (χ0v) is 14.9. The van der Waals surface area contributed by atoms with Crippen molar-refractivity contribution < 1.29 is 18.7 Å². The van der Waals surface area contributed by atoms with Crippen molar-refractivity contribution in [2.75, 3.05) is 5.32 Å². The molecule has 0 aliphatic heterocycles. The van der Waals surface area contributed by atoms with Crippen LogP contribution in [0.5, 0.6) is 0 Å². The second-order valence-electron chi connectivity index (χ2n) is 6.38. The Morgan fingerprint density at radius 2 is 2.00 bits per heavy atom. The van der Waals surface area contributed by atoms with Crippen molar-refractivity contribution in [3.8, 4) is 0 Å². The van der Waals surface area contributed by atoms with Crippen LogP contribution in [0.3, 0.4) is 0 Å². The van der Waals surface area contributed by atoms with Crippen molar-refractivity contribution in [3.63, 3.8) is 0 Å². The Labute approximate surface area is 150 Å². The normalized spacial score (nSPS) is 11.1. The summed E-state index contributed by atoms with van der Waals surface area (Å²) < 4.78 is 19.2. The van der Waals surface area contributed by atoms with Gasteiger partial charge in [0, 0.05) is 5.02 Å². The molecule has 2 rings (SSSR count). The van der Waals surface area contributed by atoms with E-state index in [9.17, 15) is 14.0 Å². The van der Waals surface area contributed by atoms with E-state index in [2.05, 4.69) is 10.3 Å². The second kappa shape index (κ2) is 7.61. The number of anilines is 1. The van der Waals surface area contributed by atoms with Crippen LogP contribution in [0.15, 0.2) is 30.3 Å². The van der Waals surface area contributed by atoms with Gasteiger partial charge in [-0.15, -0.1) is 0 Å². The maximum atomic E-state index is 14.1. The fourth-order valence-corrected chi connectivity index (χ4v) is 2.37. The molecular formula is C18H18ClFN2O3. The molecule has 0 spiro atoms. The lowest BCUT2D eigenvalue weighted by atomic mass is 10.0. The topological polar surface area (TPSA) is 68.3 Å². The number of amides is 1. The van der Waals surface area contributed by atoms with E-state index in [4.69, 9.17) is 16.3 Å². The van der Waals surface area contributed by atoms with Gasteiger partial charge in [-0.05, 0) is 50.5 Å². The Balaban J connectivity index is 2.32. The van der Waals surface area contributed by atoms with Gasteiger partial charge in [-0.2, -0.15) is 4.39 Å². The lowest BCUT2D eigenvalue weighted by Gasteiger charge is -2.19. The van der Waals surface area contributed by atoms with Gasteiger partial charge in [-0.3, -0.25) is 10.1 Å². The number of benzene rings is 1. The van der Waals surface area contributed by atoms with Crippen molar-refractivity contribution in [1.82, 2.24) is 4.98 Å². The number of nitrogens with one attached hydrogen (secondary N) is 1. The Bertz CT molecular complexity index is 803. The van der Waals surface area contributed by atoms with Crippen LogP contribution in [-0.4, -0.2) is 23.0 Å². The number of halogens is 2. The van der Waals surface area contributed by atoms with Crippen LogP contribution < -0.4 is 5.32 Å². The quantitative estimate of drug-likeness (QED) is 0.634. The van der Waals surface area contributed by atoms with Crippen molar-refractivity contribution in [3.05, 3.63) is 58.0 Å². The van der Waals surface area contributed by atoms with Crippen LogP contribution in [0.25, 0.3) is 0 Å². The fraction of sp³-hybridized carbons (Fsp3) is 0.278. The van der Waals surface area contributed by atoms with Crippen LogP contribution >= 0.6 is 11.6 Å². The van der Waals surface area contributed by atoms with Gasteiger partial charge in [-0.1, -0.05) is 29.8 Å². The van der Waals surface area contributed by atoms with Crippen molar-refractivity contribution >= 4 is 29.8 Å². The highest BCUT2D eigenvalue weighted by atomic mass is 35.5. The number of aromatic nitrogens is 1. The molecule has 132 valence electrons. The maximum absolute atomic E-state index is 14.1. The van der Waals surface area contributed by atoms with E-state index in [0.717, 1.165) is 5.56 Å². The average Bonchev–Trinajstić information content (AvgIpc) is 2.47. The average molecular weight is 365 g/mol. The standard InChI is InChI=1S/C18H18ClFN2O3/c1-18(2,3)25-17(24)22-15-9-12(13(10-23)16(20)21-15)8-11-6-4-5-7-14(11)19/h4-7,9-10H,8H2,1-3H3,(H,21,22,24). The third kappa shape index (κ3) is 5.26. The molecule has 0 atom stereocenters. The largest absolute Gasteiger partial charge is 0.444 e. The zero-order chi connectivity index (χ0) is 18.6. The van der Waals surface area contributed by atoms with Crippen LogP contribution in [0.2, 0.25) is 5.02 Å². The van der Waals surface area contributed by atoms with Crippen LogP contribution in [0.4, 0.5) is 15.0 Å². The molecule has 7 heteroatoms. The number of carbonyl (C=O) groups excluding carboxylic acids is 2. The summed E-state index contributed by atoms with van der Waals surface area (Å²) in [7, 11) is 0. The molecule has 1 amide bonds. The molecule has 1 aromatic heterocycles. The minimum atomic E-state index is -0.967. The first kappa shape index (κ1) is 18.9. The second-order valence-corrected chi connectivity index (χ2v) is 6.79. The highest BCUT2D eigenvalue weighted by Crippen LogP contribution is 2.23. The molecular weight excluding hydrogens is 347 g/mol. The summed E-state index contributed by atoms with van der Waals surface area (Å²) in [6.07, 6.45) is -0.149. The van der Waals surface area contributed by atoms with E-state index in [-0.39, 0.29) is 17.8 Å². The van der Waals surface area contributed by atoms with E-state index in [1.807, 2.05) is 0 Å². The monoisotopic (exact) mass is 364 g/mol. The van der Waals surface area contributed by atoms with Gasteiger partial charge in [0.1, 0.15) is 11.4 Å². The Morgan fingerprint density at radius 1 is 1.32 bits per heavy atom. The van der Waals surface area contributed by atoms with E-state index < -0.39 is 17.6 Å². The van der Waals surface area contributed by atoms with Crippen LogP contribution in [0, 0.1) is 5.95 Å². The minimum Gasteiger partial charge on any atom is -0.444 e. The number of aldehydes is 1. The predicted molar refractivity (Wildman–Crippen MR) is 93.7 cm³/mol. The van der Waals surface area contributed by atoms with Gasteiger partial charge < -0.3 is 4.74 Å². The van der Waals surface area contributed by atoms with Crippen molar-refractivity contribution in [2.45, 2.75) is 32.8 Å². The first-order valence-corrected chi connectivity index (χ1v) is 7.95. The third-order valence-corrected chi connectivity index (χ3v) is 3.55. The molecule has 25 heavy (non-hydrogen) atoms. The first-order valence-electron chi connectivity index (χ1n) is 7.57. The summed E-state index contributed by atoms with van der Waals surface area (Å²) in [5.74, 6) is -1.01. The highest BCUT2D eigenvalue weighted by molar-refractivity contribution is 6.31. The number of pyridine rings is 1. The highest BCUT2D eigenvalue weighted by Gasteiger charge is 2.19. The molecule has 1 heterocycles. The Morgan fingerprint density at radius 3 is 2.60 bits per heavy atom. The Kier molecular flexibility index (Phi) is 5.74. The van der Waals surface area contributed by atoms with E-state index >= 15 is 0 Å². The molecule has 0 fully saturated rings. The fourth-order valence-electron chi connectivity index (χ4n) is 2.16. The number of ether oxygens (including phenoxy) is 1. The summed E-state index contributed by atoms with van der Waals surface area (Å²) in [5, 5.41) is 2.87.